The number of carbonyl (C=O) groups is 1. The molecule has 1 heterocycles. The van der Waals surface area contributed by atoms with Crippen LogP contribution in [0.25, 0.3) is 5.69 Å². The number of aryl methyl sites for hydroxylation is 1. The molecule has 9 nitrogen and oxygen atoms in total. The molecule has 0 radical (unpaired) electrons. The van der Waals surface area contributed by atoms with Gasteiger partial charge in [-0.15, -0.1) is 0 Å². The summed E-state index contributed by atoms with van der Waals surface area (Å²) >= 11 is 0. The van der Waals surface area contributed by atoms with Crippen LogP contribution < -0.4 is 15.5 Å². The lowest BCUT2D eigenvalue weighted by Gasteiger charge is -2.13. The minimum Gasteiger partial charge on any atom is -0.494 e. The number of ether oxygens (including phenoxy) is 1. The minimum absolute atomic E-state index is 0.101. The predicted octanol–water partition coefficient (Wildman–Crippen LogP) is 4.59. The number of hydrogen-bond acceptors (Lipinski definition) is 6. The normalized spacial score (nSPS) is 11.5. The maximum Gasteiger partial charge on any atom is 0.416 e. The Hall–Kier alpha value is -4.35. The van der Waals surface area contributed by atoms with E-state index in [9.17, 15) is 28.1 Å². The van der Waals surface area contributed by atoms with Crippen molar-refractivity contribution in [3.8, 4) is 11.4 Å². The summed E-state index contributed by atoms with van der Waals surface area (Å²) in [6.45, 7) is 3.37. The molecule has 0 unspecified atom stereocenters. The van der Waals surface area contributed by atoms with E-state index in [1.165, 1.54) is 37.6 Å². The number of amides is 1. The summed E-state index contributed by atoms with van der Waals surface area (Å²) in [6, 6.07) is 10.6. The van der Waals surface area contributed by atoms with E-state index in [2.05, 4.69) is 15.8 Å². The van der Waals surface area contributed by atoms with Gasteiger partial charge in [0, 0.05) is 28.7 Å². The molecule has 0 fully saturated rings. The number of non-ortho nitro benzene ring substituents is 1. The van der Waals surface area contributed by atoms with E-state index < -0.39 is 22.6 Å². The number of hydrogen-bond donors (Lipinski definition) is 2. The number of aromatic nitrogens is 1. The number of benzene rings is 2. The summed E-state index contributed by atoms with van der Waals surface area (Å²) in [5, 5.41) is 17.6. The van der Waals surface area contributed by atoms with Crippen LogP contribution >= 0.6 is 0 Å². The van der Waals surface area contributed by atoms with E-state index in [0.717, 1.165) is 23.5 Å². The molecule has 184 valence electrons. The molecule has 12 heteroatoms. The van der Waals surface area contributed by atoms with Gasteiger partial charge in [-0.3, -0.25) is 14.9 Å². The summed E-state index contributed by atoms with van der Waals surface area (Å²) in [6.07, 6.45) is -3.05. The van der Waals surface area contributed by atoms with E-state index in [0.29, 0.717) is 17.0 Å². The Kier molecular flexibility index (Phi) is 7.43. The minimum atomic E-state index is -4.48. The molecule has 1 amide bonds. The van der Waals surface area contributed by atoms with Crippen LogP contribution in [0, 0.1) is 24.0 Å². The highest BCUT2D eigenvalue weighted by molar-refractivity contribution is 5.85. The smallest absolute Gasteiger partial charge is 0.416 e. The van der Waals surface area contributed by atoms with Crippen LogP contribution in [0.2, 0.25) is 0 Å². The maximum atomic E-state index is 12.8. The van der Waals surface area contributed by atoms with Crippen molar-refractivity contribution in [2.45, 2.75) is 20.0 Å². The summed E-state index contributed by atoms with van der Waals surface area (Å²) in [7, 11) is 1.42. The van der Waals surface area contributed by atoms with Gasteiger partial charge in [0.05, 0.1) is 42.1 Å². The Morgan fingerprint density at radius 1 is 1.20 bits per heavy atom. The van der Waals surface area contributed by atoms with E-state index in [1.807, 2.05) is 24.5 Å². The van der Waals surface area contributed by atoms with Gasteiger partial charge in [0.1, 0.15) is 5.75 Å². The Bertz CT molecular complexity index is 1280. The van der Waals surface area contributed by atoms with Crippen molar-refractivity contribution in [3.05, 3.63) is 81.2 Å². The molecule has 0 saturated heterocycles. The Balaban J connectivity index is 1.68. The largest absolute Gasteiger partial charge is 0.494 e. The third kappa shape index (κ3) is 5.96. The number of halogens is 3. The first-order chi connectivity index (χ1) is 16.5. The lowest BCUT2D eigenvalue weighted by atomic mass is 10.2. The van der Waals surface area contributed by atoms with Gasteiger partial charge < -0.3 is 14.6 Å². The Morgan fingerprint density at radius 2 is 1.94 bits per heavy atom. The van der Waals surface area contributed by atoms with Crippen LogP contribution in [0.5, 0.6) is 5.75 Å². The number of nitro groups is 1. The van der Waals surface area contributed by atoms with Gasteiger partial charge in [0.2, 0.25) is 0 Å². The number of nitrogens with zero attached hydrogens (tertiary/aromatic N) is 3. The third-order valence-corrected chi connectivity index (χ3v) is 5.12. The van der Waals surface area contributed by atoms with Crippen LogP contribution in [0.1, 0.15) is 22.5 Å². The SMILES string of the molecule is COc1cc([N+](=O)[O-])ccc1-n1c(C)cc(/C=N\NC(=O)CNc2cccc(C(F)(F)F)c2)c1C. The second-order valence-electron chi connectivity index (χ2n) is 7.50. The topological polar surface area (TPSA) is 111 Å². The van der Waals surface area contributed by atoms with Gasteiger partial charge in [-0.1, -0.05) is 6.07 Å². The summed E-state index contributed by atoms with van der Waals surface area (Å²) in [5.74, 6) is -0.233. The van der Waals surface area contributed by atoms with Gasteiger partial charge in [-0.25, -0.2) is 5.43 Å². The Morgan fingerprint density at radius 3 is 2.60 bits per heavy atom. The molecule has 0 aliphatic heterocycles. The molecule has 0 aliphatic rings. The molecule has 0 atom stereocenters. The van der Waals surface area contributed by atoms with Gasteiger partial charge in [0.15, 0.2) is 0 Å². The van der Waals surface area contributed by atoms with Gasteiger partial charge >= 0.3 is 6.18 Å². The molecule has 0 spiro atoms. The van der Waals surface area contributed by atoms with Gasteiger partial charge in [-0.05, 0) is 44.2 Å². The van der Waals surface area contributed by atoms with E-state index in [-0.39, 0.29) is 17.9 Å². The highest BCUT2D eigenvalue weighted by Gasteiger charge is 2.30. The zero-order valence-electron chi connectivity index (χ0n) is 19.0. The lowest BCUT2D eigenvalue weighted by Crippen LogP contribution is -2.26. The molecule has 0 bridgehead atoms. The molecule has 1 aromatic heterocycles. The molecule has 2 N–H and O–H groups in total. The molecule has 0 saturated carbocycles. The van der Waals surface area contributed by atoms with Crippen LogP contribution in [0.4, 0.5) is 24.5 Å². The van der Waals surface area contributed by atoms with E-state index in [4.69, 9.17) is 4.74 Å². The fraction of sp³-hybridized carbons (Fsp3) is 0.217. The first-order valence-electron chi connectivity index (χ1n) is 10.3. The fourth-order valence-electron chi connectivity index (χ4n) is 3.45. The van der Waals surface area contributed by atoms with Crippen molar-refractivity contribution in [3.63, 3.8) is 0 Å². The van der Waals surface area contributed by atoms with Crippen LogP contribution in [-0.2, 0) is 11.0 Å². The third-order valence-electron chi connectivity index (χ3n) is 5.12. The number of carbonyl (C=O) groups excluding carboxylic acids is 1. The monoisotopic (exact) mass is 489 g/mol. The molecule has 3 rings (SSSR count). The second-order valence-corrected chi connectivity index (χ2v) is 7.50. The number of nitro benzene ring substituents is 1. The van der Waals surface area contributed by atoms with Crippen LogP contribution in [-0.4, -0.2) is 35.3 Å². The summed E-state index contributed by atoms with van der Waals surface area (Å²) in [4.78, 5) is 22.6. The quantitative estimate of drug-likeness (QED) is 0.273. The van der Waals surface area contributed by atoms with Gasteiger partial charge in [0.25, 0.3) is 11.6 Å². The molecule has 3 aromatic rings. The van der Waals surface area contributed by atoms with Crippen molar-refractivity contribution in [2.24, 2.45) is 5.10 Å². The van der Waals surface area contributed by atoms with Gasteiger partial charge in [-0.2, -0.15) is 18.3 Å². The Labute approximate surface area is 198 Å². The number of nitrogens with one attached hydrogen (secondary N) is 2. The average molecular weight is 489 g/mol. The summed E-state index contributed by atoms with van der Waals surface area (Å²) < 4.78 is 45.5. The lowest BCUT2D eigenvalue weighted by molar-refractivity contribution is -0.384. The molecule has 0 aliphatic carbocycles. The molecule has 35 heavy (non-hydrogen) atoms. The number of hydrazone groups is 1. The first kappa shape index (κ1) is 25.3. The van der Waals surface area contributed by atoms with E-state index >= 15 is 0 Å². The number of methoxy groups -OCH3 is 1. The van der Waals surface area contributed by atoms with Crippen LogP contribution in [0.15, 0.2) is 53.6 Å². The van der Waals surface area contributed by atoms with Crippen molar-refractivity contribution in [2.75, 3.05) is 19.0 Å². The standard InChI is InChI=1S/C23H22F3N5O4/c1-14-9-16(15(2)30(14)20-8-7-19(31(33)34)11-21(20)35-3)12-28-29-22(32)13-27-18-6-4-5-17(10-18)23(24,25)26/h4-12,27H,13H2,1-3H3,(H,29,32)/b28-12-. The fourth-order valence-corrected chi connectivity index (χ4v) is 3.45. The van der Waals surface area contributed by atoms with Crippen LogP contribution in [0.3, 0.4) is 0 Å². The highest BCUT2D eigenvalue weighted by atomic mass is 19.4. The van der Waals surface area contributed by atoms with Crippen molar-refractivity contribution < 1.29 is 27.6 Å². The second kappa shape index (κ2) is 10.3. The number of alkyl halides is 3. The number of rotatable bonds is 8. The first-order valence-corrected chi connectivity index (χ1v) is 10.3. The molecular weight excluding hydrogens is 467 g/mol. The zero-order chi connectivity index (χ0) is 25.8. The average Bonchev–Trinajstić information content (AvgIpc) is 3.09. The van der Waals surface area contributed by atoms with E-state index in [1.54, 1.807) is 6.07 Å². The summed E-state index contributed by atoms with van der Waals surface area (Å²) in [5.41, 5.74) is 4.37. The predicted molar refractivity (Wildman–Crippen MR) is 124 cm³/mol. The van der Waals surface area contributed by atoms with Crippen molar-refractivity contribution >= 4 is 23.5 Å². The highest BCUT2D eigenvalue weighted by Crippen LogP contribution is 2.32. The molecule has 2 aromatic carbocycles. The van der Waals surface area contributed by atoms with Crippen molar-refractivity contribution in [1.82, 2.24) is 9.99 Å². The molecular formula is C23H22F3N5O4. The van der Waals surface area contributed by atoms with Crippen molar-refractivity contribution in [1.29, 1.82) is 0 Å². The zero-order valence-corrected chi connectivity index (χ0v) is 19.0. The maximum absolute atomic E-state index is 12.8. The number of anilines is 1.